The fourth-order valence-electron chi connectivity index (χ4n) is 2.07. The van der Waals surface area contributed by atoms with Gasteiger partial charge in [0.25, 0.3) is 0 Å². The summed E-state index contributed by atoms with van der Waals surface area (Å²) in [6, 6.07) is 6.31. The third kappa shape index (κ3) is 3.20. The Bertz CT molecular complexity index is 531. The SMILES string of the molecule is CCNCc1cc(-n2nc(CC)cc2CC)ccn1. The molecular weight excluding hydrogens is 236 g/mol. The molecule has 1 N–H and O–H groups in total. The molecule has 0 bridgehead atoms. The van der Waals surface area contributed by atoms with Crippen LogP contribution in [0.1, 0.15) is 37.9 Å². The molecule has 2 aromatic rings. The molecule has 2 rings (SSSR count). The van der Waals surface area contributed by atoms with Gasteiger partial charge in [0, 0.05) is 18.4 Å². The van der Waals surface area contributed by atoms with Gasteiger partial charge in [-0.2, -0.15) is 5.10 Å². The third-order valence-corrected chi connectivity index (χ3v) is 3.16. The summed E-state index contributed by atoms with van der Waals surface area (Å²) in [5.74, 6) is 0. The predicted octanol–water partition coefficient (Wildman–Crippen LogP) is 2.50. The van der Waals surface area contributed by atoms with Gasteiger partial charge in [-0.3, -0.25) is 4.98 Å². The highest BCUT2D eigenvalue weighted by Gasteiger charge is 2.08. The topological polar surface area (TPSA) is 42.7 Å². The maximum absolute atomic E-state index is 4.66. The van der Waals surface area contributed by atoms with Crippen molar-refractivity contribution < 1.29 is 0 Å². The molecule has 0 aliphatic carbocycles. The standard InChI is InChI=1S/C15H22N4/c1-4-12-9-14(5-2)19(18-12)15-7-8-17-13(10-15)11-16-6-3/h7-10,16H,4-6,11H2,1-3H3. The van der Waals surface area contributed by atoms with Crippen LogP contribution in [0.3, 0.4) is 0 Å². The first kappa shape index (κ1) is 13.7. The summed E-state index contributed by atoms with van der Waals surface area (Å²) < 4.78 is 2.04. The molecule has 4 heteroatoms. The summed E-state index contributed by atoms with van der Waals surface area (Å²) in [7, 11) is 0. The van der Waals surface area contributed by atoms with Crippen LogP contribution in [-0.2, 0) is 19.4 Å². The summed E-state index contributed by atoms with van der Waals surface area (Å²) in [5, 5.41) is 7.96. The van der Waals surface area contributed by atoms with Gasteiger partial charge < -0.3 is 5.32 Å². The van der Waals surface area contributed by atoms with Crippen molar-refractivity contribution in [1.29, 1.82) is 0 Å². The van der Waals surface area contributed by atoms with Gasteiger partial charge in [0.2, 0.25) is 0 Å². The molecule has 2 aromatic heterocycles. The zero-order valence-electron chi connectivity index (χ0n) is 12.0. The van der Waals surface area contributed by atoms with Gasteiger partial charge in [0.15, 0.2) is 0 Å². The van der Waals surface area contributed by atoms with E-state index in [-0.39, 0.29) is 0 Å². The monoisotopic (exact) mass is 258 g/mol. The number of aromatic nitrogens is 3. The smallest absolute Gasteiger partial charge is 0.0682 e. The van der Waals surface area contributed by atoms with E-state index in [1.54, 1.807) is 0 Å². The van der Waals surface area contributed by atoms with Gasteiger partial charge >= 0.3 is 0 Å². The zero-order chi connectivity index (χ0) is 13.7. The van der Waals surface area contributed by atoms with Crippen molar-refractivity contribution in [1.82, 2.24) is 20.1 Å². The molecule has 0 spiro atoms. The van der Waals surface area contributed by atoms with Crippen LogP contribution in [0, 0.1) is 0 Å². The van der Waals surface area contributed by atoms with Crippen molar-refractivity contribution in [2.75, 3.05) is 6.54 Å². The lowest BCUT2D eigenvalue weighted by Crippen LogP contribution is -2.13. The Labute approximate surface area is 114 Å². The van der Waals surface area contributed by atoms with Crippen molar-refractivity contribution in [2.45, 2.75) is 40.2 Å². The highest BCUT2D eigenvalue weighted by molar-refractivity contribution is 5.34. The minimum Gasteiger partial charge on any atom is -0.311 e. The average Bonchev–Trinajstić information content (AvgIpc) is 2.89. The Morgan fingerprint density at radius 3 is 2.63 bits per heavy atom. The van der Waals surface area contributed by atoms with Gasteiger partial charge in [-0.05, 0) is 37.6 Å². The quantitative estimate of drug-likeness (QED) is 0.865. The number of hydrogen-bond donors (Lipinski definition) is 1. The number of aryl methyl sites for hydroxylation is 2. The van der Waals surface area contributed by atoms with E-state index in [2.05, 4.69) is 48.3 Å². The minimum atomic E-state index is 0.799. The molecule has 0 unspecified atom stereocenters. The van der Waals surface area contributed by atoms with Crippen LogP contribution in [0.25, 0.3) is 5.69 Å². The van der Waals surface area contributed by atoms with Crippen molar-refractivity contribution in [2.24, 2.45) is 0 Å². The minimum absolute atomic E-state index is 0.799. The van der Waals surface area contributed by atoms with Crippen LogP contribution in [0.5, 0.6) is 0 Å². The third-order valence-electron chi connectivity index (χ3n) is 3.16. The van der Waals surface area contributed by atoms with E-state index in [1.165, 1.54) is 5.69 Å². The molecule has 0 aromatic carbocycles. The Hall–Kier alpha value is -1.68. The fourth-order valence-corrected chi connectivity index (χ4v) is 2.07. The van der Waals surface area contributed by atoms with Gasteiger partial charge in [-0.1, -0.05) is 20.8 Å². The van der Waals surface area contributed by atoms with E-state index in [4.69, 9.17) is 0 Å². The zero-order valence-corrected chi connectivity index (χ0v) is 12.0. The van der Waals surface area contributed by atoms with Gasteiger partial charge in [0.1, 0.15) is 0 Å². The maximum Gasteiger partial charge on any atom is 0.0682 e. The summed E-state index contributed by atoms with van der Waals surface area (Å²) in [6.45, 7) is 8.14. The van der Waals surface area contributed by atoms with E-state index in [1.807, 2.05) is 16.9 Å². The average molecular weight is 258 g/mol. The molecule has 102 valence electrons. The molecule has 19 heavy (non-hydrogen) atoms. The van der Waals surface area contributed by atoms with Crippen molar-refractivity contribution in [3.8, 4) is 5.69 Å². The molecule has 0 saturated heterocycles. The Morgan fingerprint density at radius 2 is 1.95 bits per heavy atom. The van der Waals surface area contributed by atoms with E-state index >= 15 is 0 Å². The van der Waals surface area contributed by atoms with Crippen LogP contribution in [0.15, 0.2) is 24.4 Å². The molecule has 0 atom stereocenters. The second-order valence-electron chi connectivity index (χ2n) is 4.53. The fraction of sp³-hybridized carbons (Fsp3) is 0.467. The summed E-state index contributed by atoms with van der Waals surface area (Å²) >= 11 is 0. The molecule has 0 saturated carbocycles. The highest BCUT2D eigenvalue weighted by Crippen LogP contribution is 2.14. The Balaban J connectivity index is 2.32. The number of nitrogens with zero attached hydrogens (tertiary/aromatic N) is 3. The van der Waals surface area contributed by atoms with Crippen LogP contribution in [-0.4, -0.2) is 21.3 Å². The van der Waals surface area contributed by atoms with E-state index in [0.717, 1.165) is 43.0 Å². The normalized spacial score (nSPS) is 10.9. The Morgan fingerprint density at radius 1 is 1.11 bits per heavy atom. The number of rotatable bonds is 6. The van der Waals surface area contributed by atoms with E-state index in [0.29, 0.717) is 0 Å². The first-order valence-corrected chi connectivity index (χ1v) is 7.02. The van der Waals surface area contributed by atoms with Crippen LogP contribution < -0.4 is 5.32 Å². The largest absolute Gasteiger partial charge is 0.311 e. The molecule has 4 nitrogen and oxygen atoms in total. The first-order valence-electron chi connectivity index (χ1n) is 7.02. The van der Waals surface area contributed by atoms with Crippen molar-refractivity contribution >= 4 is 0 Å². The molecule has 0 aliphatic rings. The molecule has 0 fully saturated rings. The second kappa shape index (κ2) is 6.48. The van der Waals surface area contributed by atoms with Crippen LogP contribution >= 0.6 is 0 Å². The first-order chi connectivity index (χ1) is 9.28. The summed E-state index contributed by atoms with van der Waals surface area (Å²) in [6.07, 6.45) is 3.81. The van der Waals surface area contributed by atoms with Crippen molar-refractivity contribution in [3.63, 3.8) is 0 Å². The maximum atomic E-state index is 4.66. The molecular formula is C15H22N4. The van der Waals surface area contributed by atoms with E-state index in [9.17, 15) is 0 Å². The lowest BCUT2D eigenvalue weighted by atomic mass is 10.2. The second-order valence-corrected chi connectivity index (χ2v) is 4.53. The molecule has 0 amide bonds. The summed E-state index contributed by atoms with van der Waals surface area (Å²) in [5.41, 5.74) is 4.54. The molecule has 2 heterocycles. The molecule has 0 radical (unpaired) electrons. The highest BCUT2D eigenvalue weighted by atomic mass is 15.3. The van der Waals surface area contributed by atoms with Gasteiger partial charge in [0.05, 0.1) is 17.1 Å². The van der Waals surface area contributed by atoms with Gasteiger partial charge in [-0.25, -0.2) is 4.68 Å². The lowest BCUT2D eigenvalue weighted by Gasteiger charge is -2.08. The summed E-state index contributed by atoms with van der Waals surface area (Å²) in [4.78, 5) is 4.38. The molecule has 0 aliphatic heterocycles. The van der Waals surface area contributed by atoms with E-state index < -0.39 is 0 Å². The van der Waals surface area contributed by atoms with Gasteiger partial charge in [-0.15, -0.1) is 0 Å². The number of hydrogen-bond acceptors (Lipinski definition) is 3. The Kier molecular flexibility index (Phi) is 4.68. The van der Waals surface area contributed by atoms with Crippen molar-refractivity contribution in [3.05, 3.63) is 41.5 Å². The predicted molar refractivity (Wildman–Crippen MR) is 77.5 cm³/mol. The number of pyridine rings is 1. The van der Waals surface area contributed by atoms with Crippen LogP contribution in [0.4, 0.5) is 0 Å². The van der Waals surface area contributed by atoms with Crippen LogP contribution in [0.2, 0.25) is 0 Å². The number of nitrogens with one attached hydrogen (secondary N) is 1. The lowest BCUT2D eigenvalue weighted by molar-refractivity contribution is 0.707.